The molecule has 0 aliphatic rings. The van der Waals surface area contributed by atoms with Crippen LogP contribution in [0.3, 0.4) is 0 Å². The molecule has 0 N–H and O–H groups in total. The molecule has 98 valence electrons. The Balaban J connectivity index is 2.30. The number of terminal acetylenes is 1. The van der Waals surface area contributed by atoms with Crippen molar-refractivity contribution in [2.45, 2.75) is 26.0 Å². The van der Waals surface area contributed by atoms with Crippen molar-refractivity contribution >= 4 is 11.6 Å². The molecule has 2 nitrogen and oxygen atoms in total. The second kappa shape index (κ2) is 6.80. The summed E-state index contributed by atoms with van der Waals surface area (Å²) in [7, 11) is 2.00. The van der Waals surface area contributed by atoms with Crippen molar-refractivity contribution in [2.24, 2.45) is 0 Å². The van der Waals surface area contributed by atoms with Crippen LogP contribution in [0, 0.1) is 12.3 Å². The highest BCUT2D eigenvalue weighted by Gasteiger charge is 2.19. The summed E-state index contributed by atoms with van der Waals surface area (Å²) < 4.78 is 5.62. The van der Waals surface area contributed by atoms with E-state index in [1.807, 2.05) is 45.2 Å². The second-order valence-corrected chi connectivity index (χ2v) is 5.24. The van der Waals surface area contributed by atoms with Crippen LogP contribution in [-0.2, 0) is 11.3 Å². The standard InChI is InChI=1S/C15H20ClNO/c1-5-15(2,3)17(4)9-10-18-12-13-7-6-8-14(16)11-13/h1,6-8,11H,9-10,12H2,2-4H3. The third kappa shape index (κ3) is 4.70. The summed E-state index contributed by atoms with van der Waals surface area (Å²) in [6.07, 6.45) is 5.47. The predicted molar refractivity (Wildman–Crippen MR) is 76.7 cm³/mol. The van der Waals surface area contributed by atoms with E-state index in [9.17, 15) is 0 Å². The Kier molecular flexibility index (Phi) is 5.68. The van der Waals surface area contributed by atoms with Crippen molar-refractivity contribution < 1.29 is 4.74 Å². The van der Waals surface area contributed by atoms with Gasteiger partial charge in [-0.1, -0.05) is 29.7 Å². The first-order valence-electron chi connectivity index (χ1n) is 5.97. The Morgan fingerprint density at radius 2 is 2.17 bits per heavy atom. The fraction of sp³-hybridized carbons (Fsp3) is 0.467. The Hall–Kier alpha value is -1.01. The van der Waals surface area contributed by atoms with E-state index in [1.54, 1.807) is 0 Å². The maximum atomic E-state index is 5.90. The zero-order valence-electron chi connectivity index (χ0n) is 11.2. The van der Waals surface area contributed by atoms with Gasteiger partial charge in [0.2, 0.25) is 0 Å². The molecule has 18 heavy (non-hydrogen) atoms. The molecular formula is C15H20ClNO. The van der Waals surface area contributed by atoms with Crippen LogP contribution in [0.4, 0.5) is 0 Å². The number of benzene rings is 1. The van der Waals surface area contributed by atoms with Gasteiger partial charge in [-0.05, 0) is 38.6 Å². The van der Waals surface area contributed by atoms with Crippen LogP contribution in [0.5, 0.6) is 0 Å². The van der Waals surface area contributed by atoms with Crippen LogP contribution in [-0.4, -0.2) is 30.6 Å². The molecule has 0 saturated carbocycles. The van der Waals surface area contributed by atoms with Gasteiger partial charge in [0, 0.05) is 11.6 Å². The Morgan fingerprint density at radius 1 is 1.44 bits per heavy atom. The van der Waals surface area contributed by atoms with E-state index in [0.717, 1.165) is 17.1 Å². The molecule has 0 saturated heterocycles. The summed E-state index contributed by atoms with van der Waals surface area (Å²) in [5.41, 5.74) is 0.848. The van der Waals surface area contributed by atoms with Gasteiger partial charge >= 0.3 is 0 Å². The molecule has 0 bridgehead atoms. The van der Waals surface area contributed by atoms with Crippen LogP contribution in [0.25, 0.3) is 0 Å². The van der Waals surface area contributed by atoms with Crippen molar-refractivity contribution in [3.05, 3.63) is 34.9 Å². The van der Waals surface area contributed by atoms with Gasteiger partial charge < -0.3 is 4.74 Å². The van der Waals surface area contributed by atoms with E-state index in [1.165, 1.54) is 0 Å². The highest BCUT2D eigenvalue weighted by Crippen LogP contribution is 2.12. The monoisotopic (exact) mass is 265 g/mol. The average Bonchev–Trinajstić information content (AvgIpc) is 2.34. The molecule has 0 amide bonds. The molecule has 0 aliphatic heterocycles. The van der Waals surface area contributed by atoms with Crippen molar-refractivity contribution in [1.82, 2.24) is 4.90 Å². The lowest BCUT2D eigenvalue weighted by Crippen LogP contribution is -2.41. The maximum Gasteiger partial charge on any atom is 0.0764 e. The average molecular weight is 266 g/mol. The van der Waals surface area contributed by atoms with E-state index in [0.29, 0.717) is 13.2 Å². The number of likely N-dealkylation sites (N-methyl/N-ethyl adjacent to an activating group) is 1. The van der Waals surface area contributed by atoms with Crippen molar-refractivity contribution in [3.8, 4) is 12.3 Å². The molecule has 1 aromatic rings. The van der Waals surface area contributed by atoms with Crippen molar-refractivity contribution in [1.29, 1.82) is 0 Å². The summed E-state index contributed by atoms with van der Waals surface area (Å²) in [6, 6.07) is 7.69. The molecule has 3 heteroatoms. The quantitative estimate of drug-likeness (QED) is 0.579. The van der Waals surface area contributed by atoms with Gasteiger partial charge in [0.1, 0.15) is 0 Å². The van der Waals surface area contributed by atoms with Gasteiger partial charge in [0.25, 0.3) is 0 Å². The minimum atomic E-state index is -0.237. The highest BCUT2D eigenvalue weighted by molar-refractivity contribution is 6.30. The van der Waals surface area contributed by atoms with E-state index in [4.69, 9.17) is 22.8 Å². The third-order valence-corrected chi connectivity index (χ3v) is 3.27. The molecule has 0 aliphatic carbocycles. The summed E-state index contributed by atoms with van der Waals surface area (Å²) >= 11 is 5.90. The molecule has 0 unspecified atom stereocenters. The predicted octanol–water partition coefficient (Wildman–Crippen LogP) is 3.20. The lowest BCUT2D eigenvalue weighted by molar-refractivity contribution is 0.0815. The number of hydrogen-bond donors (Lipinski definition) is 0. The summed E-state index contributed by atoms with van der Waals surface area (Å²) in [5.74, 6) is 2.76. The first-order valence-corrected chi connectivity index (χ1v) is 6.34. The van der Waals surface area contributed by atoms with Crippen LogP contribution in [0.2, 0.25) is 5.02 Å². The van der Waals surface area contributed by atoms with Gasteiger partial charge in [-0.2, -0.15) is 0 Å². The van der Waals surface area contributed by atoms with E-state index in [2.05, 4.69) is 10.8 Å². The topological polar surface area (TPSA) is 12.5 Å². The third-order valence-electron chi connectivity index (χ3n) is 3.04. The molecule has 1 rings (SSSR count). The van der Waals surface area contributed by atoms with Gasteiger partial charge in [-0.15, -0.1) is 6.42 Å². The summed E-state index contributed by atoms with van der Waals surface area (Å²) in [4.78, 5) is 2.10. The lowest BCUT2D eigenvalue weighted by Gasteiger charge is -2.30. The number of nitrogens with zero attached hydrogens (tertiary/aromatic N) is 1. The van der Waals surface area contributed by atoms with Crippen LogP contribution in [0.15, 0.2) is 24.3 Å². The zero-order chi connectivity index (χ0) is 13.6. The normalized spacial score (nSPS) is 11.6. The summed E-state index contributed by atoms with van der Waals surface area (Å²) in [6.45, 7) is 6.06. The highest BCUT2D eigenvalue weighted by atomic mass is 35.5. The Morgan fingerprint density at radius 3 is 2.78 bits per heavy atom. The molecule has 0 aromatic heterocycles. The fourth-order valence-corrected chi connectivity index (χ4v) is 1.62. The van der Waals surface area contributed by atoms with Gasteiger partial charge in [0.15, 0.2) is 0 Å². The molecule has 0 heterocycles. The van der Waals surface area contributed by atoms with Crippen LogP contribution >= 0.6 is 11.6 Å². The lowest BCUT2D eigenvalue weighted by atomic mass is 10.1. The number of ether oxygens (including phenoxy) is 1. The maximum absolute atomic E-state index is 5.90. The van der Waals surface area contributed by atoms with Gasteiger partial charge in [0.05, 0.1) is 18.8 Å². The Labute approximate surface area is 115 Å². The van der Waals surface area contributed by atoms with Crippen LogP contribution < -0.4 is 0 Å². The largest absolute Gasteiger partial charge is 0.375 e. The molecule has 0 radical (unpaired) electrons. The first-order chi connectivity index (χ1) is 8.45. The summed E-state index contributed by atoms with van der Waals surface area (Å²) in [5, 5.41) is 0.738. The van der Waals surface area contributed by atoms with E-state index >= 15 is 0 Å². The smallest absolute Gasteiger partial charge is 0.0764 e. The van der Waals surface area contributed by atoms with Gasteiger partial charge in [-0.25, -0.2) is 0 Å². The fourth-order valence-electron chi connectivity index (χ4n) is 1.41. The first kappa shape index (κ1) is 15.0. The molecule has 1 aromatic carbocycles. The number of hydrogen-bond acceptors (Lipinski definition) is 2. The molecule has 0 fully saturated rings. The number of rotatable bonds is 6. The molecular weight excluding hydrogens is 246 g/mol. The zero-order valence-corrected chi connectivity index (χ0v) is 12.0. The molecule has 0 atom stereocenters. The van der Waals surface area contributed by atoms with Gasteiger partial charge in [-0.3, -0.25) is 4.90 Å². The minimum absolute atomic E-state index is 0.237. The minimum Gasteiger partial charge on any atom is -0.375 e. The SMILES string of the molecule is C#CC(C)(C)N(C)CCOCc1cccc(Cl)c1. The second-order valence-electron chi connectivity index (χ2n) is 4.81. The molecule has 0 spiro atoms. The van der Waals surface area contributed by atoms with Crippen LogP contribution in [0.1, 0.15) is 19.4 Å². The Bertz CT molecular complexity index is 423. The number of halogens is 1. The van der Waals surface area contributed by atoms with E-state index in [-0.39, 0.29) is 5.54 Å². The van der Waals surface area contributed by atoms with E-state index < -0.39 is 0 Å². The van der Waals surface area contributed by atoms with Crippen molar-refractivity contribution in [3.63, 3.8) is 0 Å². The van der Waals surface area contributed by atoms with Crippen molar-refractivity contribution in [2.75, 3.05) is 20.2 Å².